The van der Waals surface area contributed by atoms with E-state index in [2.05, 4.69) is 16.3 Å². The van der Waals surface area contributed by atoms with E-state index in [0.29, 0.717) is 49.7 Å². The number of amides is 1. The van der Waals surface area contributed by atoms with Crippen molar-refractivity contribution in [3.05, 3.63) is 16.0 Å². The van der Waals surface area contributed by atoms with Gasteiger partial charge in [-0.05, 0) is 44.1 Å². The van der Waals surface area contributed by atoms with E-state index < -0.39 is 10.2 Å². The molecular weight excluding hydrogens is 458 g/mol. The van der Waals surface area contributed by atoms with E-state index in [-0.39, 0.29) is 11.9 Å². The maximum absolute atomic E-state index is 13.0. The van der Waals surface area contributed by atoms with Gasteiger partial charge in [0.05, 0.1) is 5.56 Å². The number of rotatable bonds is 7. The first-order valence-corrected chi connectivity index (χ1v) is 14.4. The van der Waals surface area contributed by atoms with Gasteiger partial charge in [0.25, 0.3) is 10.2 Å². The predicted octanol–water partition coefficient (Wildman–Crippen LogP) is 2.95. The summed E-state index contributed by atoms with van der Waals surface area (Å²) in [5, 5.41) is 13.2. The molecule has 2 heterocycles. The highest BCUT2D eigenvalue weighted by molar-refractivity contribution is 7.86. The fraction of sp³-hybridized carbons (Fsp3) is 0.739. The number of nitrogens with one attached hydrogen (secondary N) is 1. The van der Waals surface area contributed by atoms with Gasteiger partial charge in [-0.3, -0.25) is 4.79 Å². The van der Waals surface area contributed by atoms with E-state index in [4.69, 9.17) is 0 Å². The predicted molar refractivity (Wildman–Crippen MR) is 130 cm³/mol. The van der Waals surface area contributed by atoms with Crippen LogP contribution in [0.1, 0.15) is 67.4 Å². The van der Waals surface area contributed by atoms with Crippen LogP contribution < -0.4 is 5.32 Å². The first kappa shape index (κ1) is 24.6. The molecule has 33 heavy (non-hydrogen) atoms. The van der Waals surface area contributed by atoms with Crippen LogP contribution in [0.5, 0.6) is 0 Å². The van der Waals surface area contributed by atoms with Crippen LogP contribution in [0.2, 0.25) is 0 Å². The molecule has 3 aliphatic rings. The molecule has 2 fully saturated rings. The van der Waals surface area contributed by atoms with Crippen LogP contribution in [0.3, 0.4) is 0 Å². The van der Waals surface area contributed by atoms with Crippen LogP contribution in [0.15, 0.2) is 0 Å². The van der Waals surface area contributed by atoms with Gasteiger partial charge in [0.2, 0.25) is 5.91 Å². The smallest absolute Gasteiger partial charge is 0.282 e. The van der Waals surface area contributed by atoms with E-state index in [0.717, 1.165) is 56.9 Å². The molecule has 0 bridgehead atoms. The molecule has 1 saturated carbocycles. The second-order valence-corrected chi connectivity index (χ2v) is 12.5. The van der Waals surface area contributed by atoms with Crippen molar-refractivity contribution < 1.29 is 13.2 Å². The van der Waals surface area contributed by atoms with Gasteiger partial charge in [-0.25, -0.2) is 0 Å². The summed E-state index contributed by atoms with van der Waals surface area (Å²) in [5.41, 5.74) is 1.77. The van der Waals surface area contributed by atoms with Gasteiger partial charge in [-0.2, -0.15) is 22.3 Å². The number of fused-ring (bicyclic) bond motifs is 1. The molecule has 0 atom stereocenters. The van der Waals surface area contributed by atoms with Crippen molar-refractivity contribution in [2.45, 2.75) is 70.3 Å². The highest BCUT2D eigenvalue weighted by Gasteiger charge is 2.34. The number of piperazine rings is 1. The maximum Gasteiger partial charge on any atom is 0.282 e. The fourth-order valence-corrected chi connectivity index (χ4v) is 8.05. The van der Waals surface area contributed by atoms with Crippen molar-refractivity contribution in [3.63, 3.8) is 0 Å². The Kier molecular flexibility index (Phi) is 8.07. The van der Waals surface area contributed by atoms with Crippen LogP contribution in [-0.2, 0) is 27.8 Å². The Morgan fingerprint density at radius 3 is 2.52 bits per heavy atom. The molecule has 0 spiro atoms. The average Bonchev–Trinajstić information content (AvgIpc) is 3.19. The number of carbonyl (C=O) groups is 1. The fourth-order valence-electron chi connectivity index (χ4n) is 5.22. The Morgan fingerprint density at radius 1 is 1.12 bits per heavy atom. The van der Waals surface area contributed by atoms with Crippen molar-refractivity contribution in [1.29, 1.82) is 5.26 Å². The molecule has 10 heteroatoms. The molecule has 1 aromatic rings. The number of hydrogen-bond donors (Lipinski definition) is 1. The third-order valence-corrected chi connectivity index (χ3v) is 10.6. The second-order valence-electron chi connectivity index (χ2n) is 9.38. The van der Waals surface area contributed by atoms with Crippen LogP contribution in [-0.4, -0.2) is 73.6 Å². The molecule has 0 unspecified atom stereocenters. The van der Waals surface area contributed by atoms with Crippen LogP contribution in [0.4, 0.5) is 5.00 Å². The van der Waals surface area contributed by atoms with Gasteiger partial charge in [-0.15, -0.1) is 11.3 Å². The standard InChI is InChI=1S/C23H35N5O3S2/c1-26(18-7-3-2-4-8-18)33(30,31)28-15-13-27(14-16-28)12-11-22(29)25-23-20(17-24)19-9-5-6-10-21(19)32-23/h18H,2-16H2,1H3,(H,25,29). The van der Waals surface area contributed by atoms with Gasteiger partial charge in [0.1, 0.15) is 11.1 Å². The van der Waals surface area contributed by atoms with Gasteiger partial charge in [0.15, 0.2) is 0 Å². The quantitative estimate of drug-likeness (QED) is 0.630. The van der Waals surface area contributed by atoms with Gasteiger partial charge in [-0.1, -0.05) is 19.3 Å². The third-order valence-electron chi connectivity index (χ3n) is 7.30. The zero-order valence-electron chi connectivity index (χ0n) is 19.5. The monoisotopic (exact) mass is 493 g/mol. The normalized spacial score (nSPS) is 21.0. The lowest BCUT2D eigenvalue weighted by Crippen LogP contribution is -2.54. The number of thiophene rings is 1. The molecule has 1 N–H and O–H groups in total. The maximum atomic E-state index is 13.0. The van der Waals surface area contributed by atoms with E-state index >= 15 is 0 Å². The van der Waals surface area contributed by atoms with Crippen molar-refractivity contribution in [3.8, 4) is 6.07 Å². The Bertz CT molecular complexity index is 986. The molecule has 0 radical (unpaired) electrons. The van der Waals surface area contributed by atoms with Crippen LogP contribution in [0.25, 0.3) is 0 Å². The summed E-state index contributed by atoms with van der Waals surface area (Å²) in [4.78, 5) is 16.0. The van der Waals surface area contributed by atoms with E-state index in [1.807, 2.05) is 0 Å². The summed E-state index contributed by atoms with van der Waals surface area (Å²) >= 11 is 1.55. The van der Waals surface area contributed by atoms with Gasteiger partial charge < -0.3 is 10.2 Å². The molecule has 1 aromatic heterocycles. The first-order chi connectivity index (χ1) is 15.9. The van der Waals surface area contributed by atoms with Crippen molar-refractivity contribution in [2.75, 3.05) is 45.1 Å². The number of anilines is 1. The molecule has 2 aliphatic carbocycles. The Labute approximate surface area is 201 Å². The molecule has 1 aliphatic heterocycles. The molecule has 1 saturated heterocycles. The zero-order chi connectivity index (χ0) is 23.4. The minimum atomic E-state index is -3.44. The second kappa shape index (κ2) is 10.8. The minimum absolute atomic E-state index is 0.0859. The molecule has 1 amide bonds. The number of carbonyl (C=O) groups excluding carboxylic acids is 1. The summed E-state index contributed by atoms with van der Waals surface area (Å²) < 4.78 is 29.3. The Balaban J connectivity index is 1.25. The number of nitrogens with zero attached hydrogens (tertiary/aromatic N) is 4. The molecule has 8 nitrogen and oxygen atoms in total. The van der Waals surface area contributed by atoms with Crippen molar-refractivity contribution in [2.24, 2.45) is 0 Å². The van der Waals surface area contributed by atoms with E-state index in [1.54, 1.807) is 27.0 Å². The average molecular weight is 494 g/mol. The third kappa shape index (κ3) is 5.60. The molecule has 182 valence electrons. The zero-order valence-corrected chi connectivity index (χ0v) is 21.1. The Morgan fingerprint density at radius 2 is 1.82 bits per heavy atom. The number of aryl methyl sites for hydroxylation is 1. The summed E-state index contributed by atoms with van der Waals surface area (Å²) in [6.07, 6.45) is 9.80. The van der Waals surface area contributed by atoms with Crippen LogP contribution in [0, 0.1) is 11.3 Å². The molecule has 4 rings (SSSR count). The lowest BCUT2D eigenvalue weighted by atomic mass is 9.96. The summed E-state index contributed by atoms with van der Waals surface area (Å²) in [6, 6.07) is 2.40. The van der Waals surface area contributed by atoms with E-state index in [1.165, 1.54) is 11.3 Å². The van der Waals surface area contributed by atoms with Crippen LogP contribution >= 0.6 is 11.3 Å². The largest absolute Gasteiger partial charge is 0.317 e. The lowest BCUT2D eigenvalue weighted by Gasteiger charge is -2.38. The highest BCUT2D eigenvalue weighted by atomic mass is 32.2. The Hall–Kier alpha value is -1.51. The van der Waals surface area contributed by atoms with E-state index in [9.17, 15) is 18.5 Å². The molecular formula is C23H35N5O3S2. The van der Waals surface area contributed by atoms with Crippen molar-refractivity contribution >= 4 is 32.5 Å². The summed E-state index contributed by atoms with van der Waals surface area (Å²) in [6.45, 7) is 2.75. The number of nitriles is 1. The summed E-state index contributed by atoms with van der Waals surface area (Å²) in [7, 11) is -1.71. The topological polar surface area (TPSA) is 96.8 Å². The number of hydrogen-bond acceptors (Lipinski definition) is 6. The van der Waals surface area contributed by atoms with Gasteiger partial charge >= 0.3 is 0 Å². The summed E-state index contributed by atoms with van der Waals surface area (Å²) in [5.74, 6) is -0.0859. The lowest BCUT2D eigenvalue weighted by molar-refractivity contribution is -0.116. The molecule has 0 aromatic carbocycles. The van der Waals surface area contributed by atoms with Crippen molar-refractivity contribution in [1.82, 2.24) is 13.5 Å². The highest BCUT2D eigenvalue weighted by Crippen LogP contribution is 2.37. The first-order valence-electron chi connectivity index (χ1n) is 12.2. The minimum Gasteiger partial charge on any atom is -0.317 e. The van der Waals surface area contributed by atoms with Gasteiger partial charge in [0, 0.05) is 57.1 Å². The SMILES string of the molecule is CN(C1CCCCC1)S(=O)(=O)N1CCN(CCC(=O)Nc2sc3c(c2C#N)CCCC3)CC1.